The number of hydrogen-bond donors (Lipinski definition) is 17. The van der Waals surface area contributed by atoms with Crippen molar-refractivity contribution in [1.29, 1.82) is 0 Å². The molecule has 0 saturated carbocycles. The largest absolute Gasteiger partial charge is 0.508 e. The Kier molecular flexibility index (Phi) is 24.4. The minimum absolute atomic E-state index is 0.0685. The molecule has 1 aromatic carbocycles. The van der Waals surface area contributed by atoms with Crippen molar-refractivity contribution in [1.82, 2.24) is 62.7 Å². The summed E-state index contributed by atoms with van der Waals surface area (Å²) in [5.74, 6) is -16.9. The fraction of sp³-hybridized carbons (Fsp3) is 0.453. The predicted molar refractivity (Wildman–Crippen MR) is 290 cm³/mol. The minimum atomic E-state index is -1.98. The van der Waals surface area contributed by atoms with Crippen LogP contribution in [0.2, 0.25) is 0 Å². The van der Waals surface area contributed by atoms with E-state index in [1.165, 1.54) is 59.9 Å². The fourth-order valence-electron chi connectivity index (χ4n) is 9.09. The Hall–Kier alpha value is -10.2. The van der Waals surface area contributed by atoms with E-state index >= 15 is 0 Å². The maximum absolute atomic E-state index is 14.1. The van der Waals surface area contributed by atoms with E-state index in [2.05, 4.69) is 57.8 Å². The number of aromatic hydroxyl groups is 1. The number of carboxylic acids is 4. The number of carboxylic acid groups (broad SMARTS) is 4. The number of aromatic amines is 1. The van der Waals surface area contributed by atoms with Crippen molar-refractivity contribution in [2.45, 2.75) is 138 Å². The summed E-state index contributed by atoms with van der Waals surface area (Å²) < 4.78 is 0. The SMILES string of the molecule is C[C@@H](O)[C@H](NC(=O)CNC(=O)[C@H](CCC(=O)O)NC(=O)[C@H](Cc1cnc[nH]1)NC(=O)[C@H](CC(=O)O)NC(=O)[C@@H]1CCCN1C(=O)[C@@H]1CCC(=O)N1)C(=O)N[C@@H](Cc1ccc(O)cc1)C(=O)N[C@@H](CC(=O)O)C(=O)N[C@@H](/C=C1/C=CC(O)=CC1)C(=O)O. The van der Waals surface area contributed by atoms with Crippen molar-refractivity contribution in [2.75, 3.05) is 13.1 Å². The number of aliphatic hydroxyl groups is 2. The Morgan fingerprint density at radius 2 is 1.31 bits per heavy atom. The van der Waals surface area contributed by atoms with E-state index in [9.17, 15) is 103 Å². The number of aromatic nitrogens is 2. The van der Waals surface area contributed by atoms with Gasteiger partial charge in [-0.2, -0.15) is 0 Å². The van der Waals surface area contributed by atoms with E-state index in [0.717, 1.165) is 13.0 Å². The van der Waals surface area contributed by atoms with Crippen LogP contribution in [0, 0.1) is 0 Å². The maximum atomic E-state index is 14.1. The molecule has 0 unspecified atom stereocenters. The molecule has 17 N–H and O–H groups in total. The standard InChI is InChI=1S/C53H66N12O21/c1-25(66)44(51(83)62-33(17-26-4-8-29(67)9-5-26)46(78)60-35(20-42(73)74)49(81)63-37(53(85)86)18-27-6-10-30(68)11-7-27)64-40(70)23-55-45(77)31(13-15-41(71)72)58-47(79)34(19-28-22-54-24-56-28)59-48(80)36(21-43(75)76)61-50(82)38-3-2-16-65(38)52(84)32-12-14-39(69)57-32/h4-6,8-11,18,22,24-25,31-38,44,66-68H,2-3,7,12-17,19-21,23H2,1H3,(H,54,56)(H,55,77)(H,57,69)(H,58,79)(H,59,80)(H,60,78)(H,61,82)(H,62,83)(H,63,81)(H,64,70)(H,71,72)(H,73,74)(H,75,76)(H,85,86)/b27-18-/t25-,31+,32+,33+,34+,35+,36+,37+,38+,44+/m1/s1. The van der Waals surface area contributed by atoms with Crippen molar-refractivity contribution in [2.24, 2.45) is 0 Å². The molecule has 3 aliphatic rings. The highest BCUT2D eigenvalue weighted by atomic mass is 16.4. The number of amides is 10. The molecule has 2 fully saturated rings. The Labute approximate surface area is 487 Å². The van der Waals surface area contributed by atoms with Gasteiger partial charge in [0.05, 0.1) is 31.8 Å². The molecular weight excluding hydrogens is 1140 g/mol. The van der Waals surface area contributed by atoms with Gasteiger partial charge in [-0.1, -0.05) is 18.2 Å². The summed E-state index contributed by atoms with van der Waals surface area (Å²) >= 11 is 0. The summed E-state index contributed by atoms with van der Waals surface area (Å²) in [7, 11) is 0. The van der Waals surface area contributed by atoms with Crippen LogP contribution >= 0.6 is 0 Å². The van der Waals surface area contributed by atoms with Gasteiger partial charge in [0.15, 0.2) is 0 Å². The second-order valence-corrected chi connectivity index (χ2v) is 20.2. The number of allylic oxidation sites excluding steroid dienone is 4. The van der Waals surface area contributed by atoms with E-state index in [-0.39, 0.29) is 60.9 Å². The van der Waals surface area contributed by atoms with Gasteiger partial charge in [-0.3, -0.25) is 62.3 Å². The normalized spacial score (nSPS) is 18.6. The molecule has 3 heterocycles. The number of nitrogens with zero attached hydrogens (tertiary/aromatic N) is 2. The van der Waals surface area contributed by atoms with Crippen molar-refractivity contribution in [3.63, 3.8) is 0 Å². The van der Waals surface area contributed by atoms with Crippen LogP contribution < -0.4 is 47.9 Å². The highest BCUT2D eigenvalue weighted by molar-refractivity contribution is 6.00. The number of carbonyl (C=O) groups is 14. The van der Waals surface area contributed by atoms with Crippen LogP contribution in [0.4, 0.5) is 0 Å². The number of nitrogens with one attached hydrogen (secondary N) is 10. The summed E-state index contributed by atoms with van der Waals surface area (Å²) in [6.07, 6.45) is 2.20. The quantitative estimate of drug-likeness (QED) is 0.0337. The number of benzene rings is 1. The number of imidazole rings is 1. The molecule has 33 nitrogen and oxygen atoms in total. The third kappa shape index (κ3) is 20.6. The molecule has 2 saturated heterocycles. The monoisotopic (exact) mass is 1210 g/mol. The first kappa shape index (κ1) is 66.6. The van der Waals surface area contributed by atoms with Crippen LogP contribution in [-0.2, 0) is 80.0 Å². The third-order valence-corrected chi connectivity index (χ3v) is 13.5. The highest BCUT2D eigenvalue weighted by Gasteiger charge is 2.41. The Morgan fingerprint density at radius 1 is 0.709 bits per heavy atom. The molecule has 0 radical (unpaired) electrons. The molecule has 0 bridgehead atoms. The Morgan fingerprint density at radius 3 is 1.88 bits per heavy atom. The van der Waals surface area contributed by atoms with E-state index in [1.807, 2.05) is 0 Å². The molecular formula is C53H66N12O21. The number of aliphatic hydroxyl groups excluding tert-OH is 2. The van der Waals surface area contributed by atoms with Crippen molar-refractivity contribution < 1.29 is 103 Å². The van der Waals surface area contributed by atoms with Crippen LogP contribution in [0.1, 0.15) is 76.0 Å². The van der Waals surface area contributed by atoms with Gasteiger partial charge in [-0.15, -0.1) is 0 Å². The van der Waals surface area contributed by atoms with Gasteiger partial charge in [0.1, 0.15) is 65.9 Å². The number of carbonyl (C=O) groups excluding carboxylic acids is 10. The highest BCUT2D eigenvalue weighted by Crippen LogP contribution is 2.22. The molecule has 2 aromatic rings. The average molecular weight is 1210 g/mol. The van der Waals surface area contributed by atoms with Crippen LogP contribution in [0.3, 0.4) is 0 Å². The minimum Gasteiger partial charge on any atom is -0.508 e. The van der Waals surface area contributed by atoms with Gasteiger partial charge in [0, 0.05) is 44.1 Å². The summed E-state index contributed by atoms with van der Waals surface area (Å²) in [5.41, 5.74) is 0.802. The second kappa shape index (κ2) is 31.5. The predicted octanol–water partition coefficient (Wildman–Crippen LogP) is -4.71. The van der Waals surface area contributed by atoms with Crippen molar-refractivity contribution in [3.05, 3.63) is 83.7 Å². The van der Waals surface area contributed by atoms with Crippen molar-refractivity contribution >= 4 is 82.9 Å². The van der Waals surface area contributed by atoms with Gasteiger partial charge in [-0.25, -0.2) is 9.78 Å². The molecule has 464 valence electrons. The molecule has 1 aromatic heterocycles. The van der Waals surface area contributed by atoms with E-state index < -0.39 is 183 Å². The topological polar surface area (TPSA) is 521 Å². The lowest BCUT2D eigenvalue weighted by molar-refractivity contribution is -0.143. The summed E-state index contributed by atoms with van der Waals surface area (Å²) in [6.45, 7) is 0.130. The molecule has 10 amide bonds. The lowest BCUT2D eigenvalue weighted by atomic mass is 10.0. The lowest BCUT2D eigenvalue weighted by Crippen LogP contribution is -2.61. The van der Waals surface area contributed by atoms with Gasteiger partial charge in [0.2, 0.25) is 59.1 Å². The zero-order valence-corrected chi connectivity index (χ0v) is 46.0. The smallest absolute Gasteiger partial charge is 0.330 e. The van der Waals surface area contributed by atoms with Gasteiger partial charge in [0.25, 0.3) is 0 Å². The first-order valence-corrected chi connectivity index (χ1v) is 26.8. The van der Waals surface area contributed by atoms with E-state index in [4.69, 9.17) is 0 Å². The average Bonchev–Trinajstić information content (AvgIpc) is 4.20. The summed E-state index contributed by atoms with van der Waals surface area (Å²) in [6, 6.07) is -9.78. The van der Waals surface area contributed by atoms with Crippen LogP contribution in [0.15, 0.2) is 72.4 Å². The fourth-order valence-corrected chi connectivity index (χ4v) is 9.09. The number of phenols is 1. The van der Waals surface area contributed by atoms with Gasteiger partial charge < -0.3 is 93.5 Å². The molecule has 2 aliphatic heterocycles. The zero-order valence-electron chi connectivity index (χ0n) is 46.0. The number of H-pyrrole nitrogens is 1. The van der Waals surface area contributed by atoms with E-state index in [0.29, 0.717) is 12.0 Å². The number of rotatable bonds is 31. The molecule has 86 heavy (non-hydrogen) atoms. The lowest BCUT2D eigenvalue weighted by Gasteiger charge is -2.28. The molecule has 33 heteroatoms. The van der Waals surface area contributed by atoms with Crippen LogP contribution in [0.5, 0.6) is 5.75 Å². The van der Waals surface area contributed by atoms with Crippen LogP contribution in [0.25, 0.3) is 0 Å². The molecule has 5 rings (SSSR count). The number of hydrogen-bond acceptors (Lipinski definition) is 18. The first-order valence-electron chi connectivity index (χ1n) is 26.8. The Bertz CT molecular complexity index is 3000. The second-order valence-electron chi connectivity index (χ2n) is 20.2. The molecule has 1 aliphatic carbocycles. The van der Waals surface area contributed by atoms with Crippen LogP contribution in [-0.4, -0.2) is 207 Å². The van der Waals surface area contributed by atoms with Gasteiger partial charge >= 0.3 is 23.9 Å². The molecule has 0 spiro atoms. The summed E-state index contributed by atoms with van der Waals surface area (Å²) in [5, 5.41) is 89.4. The van der Waals surface area contributed by atoms with Crippen molar-refractivity contribution in [3.8, 4) is 5.75 Å². The number of phenolic OH excluding ortho intramolecular Hbond substituents is 1. The maximum Gasteiger partial charge on any atom is 0.330 e. The third-order valence-electron chi connectivity index (χ3n) is 13.5. The first-order chi connectivity index (χ1) is 40.7. The zero-order chi connectivity index (χ0) is 63.4. The number of aliphatic carboxylic acids is 4. The number of likely N-dealkylation sites (tertiary alicyclic amines) is 1. The molecule has 10 atom stereocenters. The summed E-state index contributed by atoms with van der Waals surface area (Å²) in [4.78, 5) is 191. The van der Waals surface area contributed by atoms with Gasteiger partial charge in [-0.05, 0) is 80.5 Å². The Balaban J connectivity index is 1.28. The van der Waals surface area contributed by atoms with E-state index in [1.54, 1.807) is 0 Å².